The predicted molar refractivity (Wildman–Crippen MR) is 132 cm³/mol. The van der Waals surface area contributed by atoms with Crippen molar-refractivity contribution in [1.82, 2.24) is 19.9 Å². The van der Waals surface area contributed by atoms with Crippen molar-refractivity contribution in [1.29, 1.82) is 5.26 Å². The third-order valence-corrected chi connectivity index (χ3v) is 6.89. The first-order valence-electron chi connectivity index (χ1n) is 11.8. The summed E-state index contributed by atoms with van der Waals surface area (Å²) in [6.07, 6.45) is 7.73. The van der Waals surface area contributed by atoms with Crippen LogP contribution in [0.2, 0.25) is 0 Å². The second-order valence-corrected chi connectivity index (χ2v) is 9.34. The van der Waals surface area contributed by atoms with E-state index < -0.39 is 0 Å². The number of rotatable bonds is 8. The Labute approximate surface area is 200 Å². The lowest BCUT2D eigenvalue weighted by molar-refractivity contribution is -0.123. The third-order valence-electron chi connectivity index (χ3n) is 6.89. The highest BCUT2D eigenvalue weighted by Crippen LogP contribution is 2.37. The van der Waals surface area contributed by atoms with E-state index >= 15 is 0 Å². The summed E-state index contributed by atoms with van der Waals surface area (Å²) >= 11 is 0. The average Bonchev–Trinajstić information content (AvgIpc) is 3.27. The van der Waals surface area contributed by atoms with Gasteiger partial charge in [0.05, 0.1) is 36.1 Å². The highest BCUT2D eigenvalue weighted by Gasteiger charge is 2.33. The number of anilines is 1. The second-order valence-electron chi connectivity index (χ2n) is 9.34. The Bertz CT molecular complexity index is 1200. The molecular formula is C26H32N6O2. The highest BCUT2D eigenvalue weighted by atomic mass is 16.5. The van der Waals surface area contributed by atoms with E-state index in [-0.39, 0.29) is 17.2 Å². The quantitative estimate of drug-likeness (QED) is 0.546. The second kappa shape index (κ2) is 9.82. The number of pyridine rings is 2. The Balaban J connectivity index is 1.53. The lowest BCUT2D eigenvalue weighted by atomic mass is 9.75. The van der Waals surface area contributed by atoms with Crippen molar-refractivity contribution >= 4 is 17.1 Å². The Hall–Kier alpha value is -3.44. The minimum Gasteiger partial charge on any atom is -0.492 e. The van der Waals surface area contributed by atoms with Crippen LogP contribution in [0.15, 0.2) is 36.8 Å². The zero-order chi connectivity index (χ0) is 24.3. The molecule has 0 aromatic carbocycles. The lowest BCUT2D eigenvalue weighted by Gasteiger charge is -2.40. The van der Waals surface area contributed by atoms with Gasteiger partial charge < -0.3 is 15.0 Å². The summed E-state index contributed by atoms with van der Waals surface area (Å²) < 4.78 is 7.40. The molecule has 1 N–H and O–H groups in total. The largest absolute Gasteiger partial charge is 0.492 e. The summed E-state index contributed by atoms with van der Waals surface area (Å²) in [7, 11) is 1.83. The van der Waals surface area contributed by atoms with E-state index in [4.69, 9.17) is 9.72 Å². The van der Waals surface area contributed by atoms with Gasteiger partial charge in [-0.1, -0.05) is 6.92 Å². The maximum absolute atomic E-state index is 12.4. The molecule has 3 aromatic heterocycles. The van der Waals surface area contributed by atoms with Crippen LogP contribution in [-0.2, 0) is 4.79 Å². The summed E-state index contributed by atoms with van der Waals surface area (Å²) in [4.78, 5) is 19.5. The molecule has 178 valence electrons. The third kappa shape index (κ3) is 4.75. The number of fused-ring (bicyclic) bond motifs is 1. The minimum atomic E-state index is -0.103. The summed E-state index contributed by atoms with van der Waals surface area (Å²) in [5, 5.41) is 16.9. The van der Waals surface area contributed by atoms with Crippen LogP contribution < -0.4 is 15.0 Å². The standard InChI is InChI=1S/C26H32N6O2/c1-5-34-21-12-22(25-20(14-27)16-30-32(25)17-21)19-6-7-24(29-15-19)31-10-8-26(3,9-11-31)13-23(33)18(2)28-4/h6-7,12,15-18,28H,5,8-11,13H2,1-4H3/t18-/m0/s1. The van der Waals surface area contributed by atoms with Crippen LogP contribution in [-0.4, -0.2) is 53.2 Å². The number of hydrogen-bond donors (Lipinski definition) is 1. The van der Waals surface area contributed by atoms with Gasteiger partial charge in [-0.05, 0) is 57.4 Å². The van der Waals surface area contributed by atoms with Gasteiger partial charge in [-0.15, -0.1) is 0 Å². The van der Waals surface area contributed by atoms with Gasteiger partial charge in [0.1, 0.15) is 23.4 Å². The van der Waals surface area contributed by atoms with Crippen LogP contribution >= 0.6 is 0 Å². The SMILES string of the molecule is CCOc1cc(-c2ccc(N3CCC(C)(CC(=O)[C@H](C)NC)CC3)nc2)c2c(C#N)cnn2c1. The monoisotopic (exact) mass is 460 g/mol. The van der Waals surface area contributed by atoms with Crippen LogP contribution in [0, 0.1) is 16.7 Å². The van der Waals surface area contributed by atoms with Gasteiger partial charge in [-0.3, -0.25) is 4.79 Å². The molecule has 0 amide bonds. The maximum Gasteiger partial charge on any atom is 0.149 e. The molecule has 8 nitrogen and oxygen atoms in total. The molecule has 0 radical (unpaired) electrons. The molecule has 1 saturated heterocycles. The summed E-state index contributed by atoms with van der Waals surface area (Å²) in [5.41, 5.74) is 3.05. The summed E-state index contributed by atoms with van der Waals surface area (Å²) in [6, 6.07) is 8.12. The van der Waals surface area contributed by atoms with Gasteiger partial charge >= 0.3 is 0 Å². The fraction of sp³-hybridized carbons (Fsp3) is 0.462. The molecule has 0 saturated carbocycles. The topological polar surface area (TPSA) is 95.5 Å². The molecule has 3 aromatic rings. The van der Waals surface area contributed by atoms with Crippen molar-refractivity contribution in [2.75, 3.05) is 31.6 Å². The molecule has 0 aliphatic carbocycles. The number of likely N-dealkylation sites (N-methyl/N-ethyl adjacent to an activating group) is 1. The van der Waals surface area contributed by atoms with Crippen molar-refractivity contribution < 1.29 is 9.53 Å². The molecule has 4 heterocycles. The van der Waals surface area contributed by atoms with Gasteiger partial charge in [-0.25, -0.2) is 9.50 Å². The van der Waals surface area contributed by atoms with Crippen LogP contribution in [0.3, 0.4) is 0 Å². The molecule has 1 atom stereocenters. The molecule has 8 heteroatoms. The molecular weight excluding hydrogens is 428 g/mol. The van der Waals surface area contributed by atoms with Crippen LogP contribution in [0.1, 0.15) is 45.6 Å². The number of carbonyl (C=O) groups is 1. The van der Waals surface area contributed by atoms with Gasteiger partial charge in [0, 0.05) is 36.8 Å². The summed E-state index contributed by atoms with van der Waals surface area (Å²) in [6.45, 7) is 8.36. The van der Waals surface area contributed by atoms with Crippen molar-refractivity contribution in [3.8, 4) is 22.9 Å². The normalized spacial score (nSPS) is 16.3. The van der Waals surface area contributed by atoms with E-state index in [0.29, 0.717) is 24.3 Å². The number of Topliss-reactive ketones (excluding diaryl/α,β-unsaturated/α-hetero) is 1. The Morgan fingerprint density at radius 2 is 2.09 bits per heavy atom. The van der Waals surface area contributed by atoms with Gasteiger partial charge in [0.2, 0.25) is 0 Å². The number of nitriles is 1. The van der Waals surface area contributed by atoms with Crippen LogP contribution in [0.5, 0.6) is 5.75 Å². The van der Waals surface area contributed by atoms with E-state index in [1.165, 1.54) is 0 Å². The fourth-order valence-corrected chi connectivity index (χ4v) is 4.56. The molecule has 1 aliphatic heterocycles. The molecule has 34 heavy (non-hydrogen) atoms. The van der Waals surface area contributed by atoms with Crippen molar-refractivity contribution in [3.05, 3.63) is 42.4 Å². The maximum atomic E-state index is 12.4. The van der Waals surface area contributed by atoms with Crippen molar-refractivity contribution in [2.45, 2.75) is 46.1 Å². The minimum absolute atomic E-state index is 0.0274. The van der Waals surface area contributed by atoms with E-state index in [9.17, 15) is 10.1 Å². The number of ether oxygens (including phenoxy) is 1. The number of aromatic nitrogens is 3. The zero-order valence-corrected chi connectivity index (χ0v) is 20.3. The predicted octanol–water partition coefficient (Wildman–Crippen LogP) is 3.84. The first kappa shape index (κ1) is 23.7. The van der Waals surface area contributed by atoms with Gasteiger partial charge in [0.25, 0.3) is 0 Å². The molecule has 0 spiro atoms. The molecule has 1 fully saturated rings. The summed E-state index contributed by atoms with van der Waals surface area (Å²) in [5.74, 6) is 1.89. The fourth-order valence-electron chi connectivity index (χ4n) is 4.56. The Kier molecular flexibility index (Phi) is 6.85. The smallest absolute Gasteiger partial charge is 0.149 e. The van der Waals surface area contributed by atoms with Gasteiger partial charge in [-0.2, -0.15) is 10.4 Å². The number of hydrogen-bond acceptors (Lipinski definition) is 7. The lowest BCUT2D eigenvalue weighted by Crippen LogP contribution is -2.42. The van der Waals surface area contributed by atoms with Crippen LogP contribution in [0.4, 0.5) is 5.82 Å². The van der Waals surface area contributed by atoms with Gasteiger partial charge in [0.15, 0.2) is 0 Å². The Morgan fingerprint density at radius 1 is 1.32 bits per heavy atom. The average molecular weight is 461 g/mol. The zero-order valence-electron chi connectivity index (χ0n) is 20.3. The number of ketones is 1. The number of carbonyl (C=O) groups excluding carboxylic acids is 1. The van der Waals surface area contributed by atoms with E-state index in [2.05, 4.69) is 28.3 Å². The first-order chi connectivity index (χ1) is 16.4. The van der Waals surface area contributed by atoms with Crippen LogP contribution in [0.25, 0.3) is 16.6 Å². The number of nitrogens with one attached hydrogen (secondary N) is 1. The van der Waals surface area contributed by atoms with E-state index in [0.717, 1.165) is 48.4 Å². The van der Waals surface area contributed by atoms with Crippen molar-refractivity contribution in [2.24, 2.45) is 5.41 Å². The molecule has 1 aliphatic rings. The first-order valence-corrected chi connectivity index (χ1v) is 11.8. The van der Waals surface area contributed by atoms with Crippen molar-refractivity contribution in [3.63, 3.8) is 0 Å². The highest BCUT2D eigenvalue weighted by molar-refractivity contribution is 5.85. The molecule has 0 unspecified atom stereocenters. The number of piperidine rings is 1. The Morgan fingerprint density at radius 3 is 2.71 bits per heavy atom. The van der Waals surface area contributed by atoms with E-state index in [1.54, 1.807) is 16.9 Å². The molecule has 4 rings (SSSR count). The number of nitrogens with zero attached hydrogens (tertiary/aromatic N) is 5. The molecule has 0 bridgehead atoms. The van der Waals surface area contributed by atoms with E-state index in [1.807, 2.05) is 45.3 Å².